The number of rotatable bonds is 7. The maximum Gasteiger partial charge on any atom is 0.264 e. The quantitative estimate of drug-likeness (QED) is 0.406. The third-order valence-electron chi connectivity index (χ3n) is 5.26. The van der Waals surface area contributed by atoms with Gasteiger partial charge in [0.05, 0.1) is 17.0 Å². The zero-order valence-electron chi connectivity index (χ0n) is 18.2. The highest BCUT2D eigenvalue weighted by Gasteiger charge is 2.19. The number of carbonyl (C=O) groups excluding carboxylic acids is 1. The predicted octanol–water partition coefficient (Wildman–Crippen LogP) is 4.94. The van der Waals surface area contributed by atoms with Gasteiger partial charge in [-0.3, -0.25) is 4.79 Å². The van der Waals surface area contributed by atoms with Crippen molar-refractivity contribution in [3.63, 3.8) is 0 Å². The van der Waals surface area contributed by atoms with Crippen LogP contribution in [-0.2, 0) is 21.2 Å². The van der Waals surface area contributed by atoms with Gasteiger partial charge in [-0.1, -0.05) is 59.8 Å². The largest absolute Gasteiger partial charge is 0.337 e. The summed E-state index contributed by atoms with van der Waals surface area (Å²) < 4.78 is 32.6. The fourth-order valence-corrected chi connectivity index (χ4v) is 4.29. The highest BCUT2D eigenvalue weighted by Crippen LogP contribution is 2.23. The van der Waals surface area contributed by atoms with Crippen LogP contribution in [0.5, 0.6) is 0 Å². The summed E-state index contributed by atoms with van der Waals surface area (Å²) in [5, 5.41) is 6.54. The Hall–Kier alpha value is -3.91. The van der Waals surface area contributed by atoms with Crippen molar-refractivity contribution in [1.82, 2.24) is 5.16 Å². The molecule has 0 aliphatic rings. The highest BCUT2D eigenvalue weighted by atomic mass is 32.2. The summed E-state index contributed by atoms with van der Waals surface area (Å²) in [5.41, 5.74) is 4.83. The third kappa shape index (κ3) is 5.30. The Morgan fingerprint density at radius 3 is 2.12 bits per heavy atom. The van der Waals surface area contributed by atoms with Gasteiger partial charge in [0.1, 0.15) is 0 Å². The predicted molar refractivity (Wildman–Crippen MR) is 127 cm³/mol. The first-order valence-corrected chi connectivity index (χ1v) is 11.8. The molecular formula is C25H23N3O4S. The molecule has 33 heavy (non-hydrogen) atoms. The van der Waals surface area contributed by atoms with Crippen molar-refractivity contribution in [3.8, 4) is 11.1 Å². The zero-order chi connectivity index (χ0) is 23.4. The maximum absolute atomic E-state index is 12.6. The van der Waals surface area contributed by atoms with Crippen LogP contribution in [0.3, 0.4) is 0 Å². The van der Waals surface area contributed by atoms with Gasteiger partial charge in [0, 0.05) is 11.3 Å². The van der Waals surface area contributed by atoms with Crippen molar-refractivity contribution < 1.29 is 17.7 Å². The normalized spacial score (nSPS) is 11.2. The summed E-state index contributed by atoms with van der Waals surface area (Å²) in [7, 11) is -3.84. The van der Waals surface area contributed by atoms with Gasteiger partial charge in [-0.05, 0) is 54.8 Å². The van der Waals surface area contributed by atoms with Gasteiger partial charge < -0.3 is 9.84 Å². The minimum atomic E-state index is -3.84. The van der Waals surface area contributed by atoms with E-state index in [-0.39, 0.29) is 23.1 Å². The van der Waals surface area contributed by atoms with Gasteiger partial charge in [-0.2, -0.15) is 0 Å². The number of nitrogens with zero attached hydrogens (tertiary/aromatic N) is 1. The number of carbonyl (C=O) groups is 1. The molecule has 0 aliphatic carbocycles. The van der Waals surface area contributed by atoms with Crippen LogP contribution in [0.1, 0.15) is 16.8 Å². The van der Waals surface area contributed by atoms with E-state index < -0.39 is 10.0 Å². The molecule has 0 spiro atoms. The number of amides is 1. The number of hydrogen-bond acceptors (Lipinski definition) is 5. The lowest BCUT2D eigenvalue weighted by Crippen LogP contribution is -2.15. The summed E-state index contributed by atoms with van der Waals surface area (Å²) in [6.07, 6.45) is 0.209. The molecule has 4 rings (SSSR count). The van der Waals surface area contributed by atoms with E-state index in [1.807, 2.05) is 54.6 Å². The molecule has 1 amide bonds. The van der Waals surface area contributed by atoms with Crippen LogP contribution in [0.15, 0.2) is 88.3 Å². The molecule has 7 nitrogen and oxygen atoms in total. The van der Waals surface area contributed by atoms with E-state index in [0.717, 1.165) is 16.7 Å². The van der Waals surface area contributed by atoms with Crippen molar-refractivity contribution >= 4 is 27.5 Å². The molecule has 0 atom stereocenters. The lowest BCUT2D eigenvalue weighted by molar-refractivity contribution is -0.115. The third-order valence-corrected chi connectivity index (χ3v) is 6.61. The lowest BCUT2D eigenvalue weighted by atomic mass is 10.0. The molecular weight excluding hydrogens is 438 g/mol. The van der Waals surface area contributed by atoms with Crippen LogP contribution in [0.4, 0.5) is 11.6 Å². The van der Waals surface area contributed by atoms with Gasteiger partial charge >= 0.3 is 0 Å². The summed E-state index contributed by atoms with van der Waals surface area (Å²) in [5.74, 6) is -0.105. The Balaban J connectivity index is 1.37. The van der Waals surface area contributed by atoms with Crippen molar-refractivity contribution in [3.05, 3.63) is 95.7 Å². The lowest BCUT2D eigenvalue weighted by Gasteiger charge is -2.09. The Kier molecular flexibility index (Phi) is 6.28. The fraction of sp³-hybridized carbons (Fsp3) is 0.120. The minimum Gasteiger partial charge on any atom is -0.337 e. The molecule has 0 aliphatic heterocycles. The average Bonchev–Trinajstić information content (AvgIpc) is 3.12. The maximum atomic E-state index is 12.6. The topological polar surface area (TPSA) is 101 Å². The van der Waals surface area contributed by atoms with E-state index >= 15 is 0 Å². The molecule has 2 N–H and O–H groups in total. The van der Waals surface area contributed by atoms with E-state index in [0.29, 0.717) is 16.9 Å². The van der Waals surface area contributed by atoms with Gasteiger partial charge in [0.2, 0.25) is 11.8 Å². The van der Waals surface area contributed by atoms with Gasteiger partial charge in [0.25, 0.3) is 10.0 Å². The Morgan fingerprint density at radius 1 is 0.879 bits per heavy atom. The van der Waals surface area contributed by atoms with Crippen molar-refractivity contribution in [1.29, 1.82) is 0 Å². The molecule has 168 valence electrons. The number of sulfonamides is 1. The van der Waals surface area contributed by atoms with E-state index in [4.69, 9.17) is 4.52 Å². The zero-order valence-corrected chi connectivity index (χ0v) is 19.0. The molecule has 0 radical (unpaired) electrons. The highest BCUT2D eigenvalue weighted by molar-refractivity contribution is 7.92. The molecule has 4 aromatic rings. The summed E-state index contributed by atoms with van der Waals surface area (Å²) in [4.78, 5) is 12.5. The van der Waals surface area contributed by atoms with Crippen molar-refractivity contribution in [2.24, 2.45) is 0 Å². The SMILES string of the molecule is Cc1noc(NS(=O)(=O)c2ccc(NC(=O)Cc3ccc(-c4ccccc4)cc3)cc2)c1C. The van der Waals surface area contributed by atoms with Crippen LogP contribution >= 0.6 is 0 Å². The van der Waals surface area contributed by atoms with E-state index in [9.17, 15) is 13.2 Å². The number of hydrogen-bond donors (Lipinski definition) is 2. The molecule has 1 aromatic heterocycles. The Morgan fingerprint density at radius 2 is 1.52 bits per heavy atom. The van der Waals surface area contributed by atoms with Crippen LogP contribution in [0, 0.1) is 13.8 Å². The molecule has 3 aromatic carbocycles. The fourth-order valence-electron chi connectivity index (χ4n) is 3.25. The standard InChI is InChI=1S/C25H23N3O4S/c1-17-18(2)27-32-25(17)28-33(30,31)23-14-12-22(13-15-23)26-24(29)16-19-8-10-21(11-9-19)20-6-4-3-5-7-20/h3-15,28H,16H2,1-2H3,(H,26,29). The van der Waals surface area contributed by atoms with E-state index in [2.05, 4.69) is 15.2 Å². The first kappa shape index (κ1) is 22.3. The number of benzene rings is 3. The Bertz CT molecular complexity index is 1360. The van der Waals surface area contributed by atoms with Crippen LogP contribution in [-0.4, -0.2) is 19.5 Å². The first-order chi connectivity index (χ1) is 15.8. The molecule has 0 bridgehead atoms. The van der Waals surface area contributed by atoms with E-state index in [1.165, 1.54) is 12.1 Å². The van der Waals surface area contributed by atoms with E-state index in [1.54, 1.807) is 26.0 Å². The second-order valence-corrected chi connectivity index (χ2v) is 9.32. The summed E-state index contributed by atoms with van der Waals surface area (Å²) in [6, 6.07) is 23.8. The molecule has 0 saturated carbocycles. The number of anilines is 2. The monoisotopic (exact) mass is 461 g/mol. The summed E-state index contributed by atoms with van der Waals surface area (Å²) in [6.45, 7) is 3.45. The first-order valence-electron chi connectivity index (χ1n) is 10.3. The number of aromatic nitrogens is 1. The van der Waals surface area contributed by atoms with Crippen molar-refractivity contribution in [2.45, 2.75) is 25.2 Å². The molecule has 8 heteroatoms. The van der Waals surface area contributed by atoms with Crippen LogP contribution in [0.2, 0.25) is 0 Å². The number of aryl methyl sites for hydroxylation is 1. The van der Waals surface area contributed by atoms with Gasteiger partial charge in [-0.25, -0.2) is 13.1 Å². The average molecular weight is 462 g/mol. The Labute approximate surface area is 192 Å². The summed E-state index contributed by atoms with van der Waals surface area (Å²) >= 11 is 0. The second-order valence-electron chi connectivity index (χ2n) is 7.64. The molecule has 0 saturated heterocycles. The molecule has 0 unspecified atom stereocenters. The molecule has 1 heterocycles. The smallest absolute Gasteiger partial charge is 0.264 e. The van der Waals surface area contributed by atoms with Crippen LogP contribution in [0.25, 0.3) is 11.1 Å². The second kappa shape index (κ2) is 9.30. The van der Waals surface area contributed by atoms with Crippen LogP contribution < -0.4 is 10.0 Å². The van der Waals surface area contributed by atoms with Crippen molar-refractivity contribution in [2.75, 3.05) is 10.0 Å². The van der Waals surface area contributed by atoms with Gasteiger partial charge in [-0.15, -0.1) is 0 Å². The van der Waals surface area contributed by atoms with Gasteiger partial charge in [0.15, 0.2) is 0 Å². The number of nitrogens with one attached hydrogen (secondary N) is 2. The molecule has 0 fully saturated rings. The minimum absolute atomic E-state index is 0.0467.